The van der Waals surface area contributed by atoms with Gasteiger partial charge in [-0.1, -0.05) is 129 Å². The SMILES string of the molecule is Cc1ccc(-c2cc(-c3nc(-c4ccccc4)nc(-c4ccccc4)n3)cc(-c3cc4c(c5ccccc35)-c3ccccc3C4(C)C)c2)cn1. The molecule has 0 N–H and O–H groups in total. The largest absolute Gasteiger partial charge is 0.261 e. The van der Waals surface area contributed by atoms with Crippen molar-refractivity contribution < 1.29 is 0 Å². The Morgan fingerprint density at radius 2 is 0.980 bits per heavy atom. The van der Waals surface area contributed by atoms with Crippen LogP contribution in [0.5, 0.6) is 0 Å². The fraction of sp³-hybridized carbons (Fsp3) is 0.0870. The van der Waals surface area contributed by atoms with Crippen LogP contribution in [0.2, 0.25) is 0 Å². The van der Waals surface area contributed by atoms with E-state index in [9.17, 15) is 0 Å². The Morgan fingerprint density at radius 1 is 0.420 bits per heavy atom. The van der Waals surface area contributed by atoms with Gasteiger partial charge in [0.2, 0.25) is 0 Å². The van der Waals surface area contributed by atoms with Gasteiger partial charge in [0, 0.05) is 39.6 Å². The Labute approximate surface area is 292 Å². The van der Waals surface area contributed by atoms with Gasteiger partial charge in [0.25, 0.3) is 0 Å². The molecule has 1 aliphatic carbocycles. The number of hydrogen-bond acceptors (Lipinski definition) is 4. The molecule has 0 spiro atoms. The average molecular weight is 643 g/mol. The molecule has 0 saturated heterocycles. The third-order valence-electron chi connectivity index (χ3n) is 10.0. The topological polar surface area (TPSA) is 51.6 Å². The third kappa shape index (κ3) is 5.00. The second-order valence-corrected chi connectivity index (χ2v) is 13.6. The van der Waals surface area contributed by atoms with E-state index in [0.717, 1.165) is 39.1 Å². The number of nitrogens with zero attached hydrogens (tertiary/aromatic N) is 4. The number of hydrogen-bond donors (Lipinski definition) is 0. The van der Waals surface area contributed by atoms with Gasteiger partial charge in [0.05, 0.1) is 0 Å². The maximum atomic E-state index is 5.12. The van der Waals surface area contributed by atoms with Crippen molar-refractivity contribution in [3.05, 3.63) is 169 Å². The van der Waals surface area contributed by atoms with Crippen LogP contribution in [0.25, 0.3) is 78.3 Å². The molecule has 0 radical (unpaired) electrons. The first-order chi connectivity index (χ1) is 24.4. The van der Waals surface area contributed by atoms with E-state index in [2.05, 4.69) is 104 Å². The van der Waals surface area contributed by atoms with E-state index in [1.807, 2.05) is 73.8 Å². The quantitative estimate of drug-likeness (QED) is 0.187. The molecule has 0 fully saturated rings. The molecule has 0 amide bonds. The molecule has 4 heteroatoms. The molecule has 0 bridgehead atoms. The lowest BCUT2D eigenvalue weighted by molar-refractivity contribution is 0.661. The Bertz CT molecular complexity index is 2500. The standard InChI is InChI=1S/C46H34N4/c1-29-22-23-32(28-47-29)33-24-34(39-27-41-42(37-19-11-10-18-36(37)39)38-20-12-13-21-40(38)46(41,2)3)26-35(25-33)45-49-43(30-14-6-4-7-15-30)48-44(50-45)31-16-8-5-9-17-31/h4-28H,1-3H3. The van der Waals surface area contributed by atoms with Gasteiger partial charge in [-0.25, -0.2) is 15.0 Å². The Hall–Kier alpha value is -6.26. The summed E-state index contributed by atoms with van der Waals surface area (Å²) in [6.07, 6.45) is 1.96. The molecular formula is C46H34N4. The number of aryl methyl sites for hydroxylation is 1. The van der Waals surface area contributed by atoms with Gasteiger partial charge >= 0.3 is 0 Å². The highest BCUT2D eigenvalue weighted by Gasteiger charge is 2.37. The lowest BCUT2D eigenvalue weighted by Crippen LogP contribution is -2.15. The molecule has 238 valence electrons. The molecule has 1 aliphatic rings. The second-order valence-electron chi connectivity index (χ2n) is 13.6. The first kappa shape index (κ1) is 29.8. The molecule has 8 aromatic rings. The summed E-state index contributed by atoms with van der Waals surface area (Å²) in [5, 5.41) is 2.48. The van der Waals surface area contributed by atoms with E-state index in [1.54, 1.807) is 0 Å². The van der Waals surface area contributed by atoms with Gasteiger partial charge in [0.15, 0.2) is 17.5 Å². The molecular weight excluding hydrogens is 609 g/mol. The molecule has 50 heavy (non-hydrogen) atoms. The van der Waals surface area contributed by atoms with Gasteiger partial charge in [-0.2, -0.15) is 0 Å². The maximum Gasteiger partial charge on any atom is 0.164 e. The summed E-state index contributed by atoms with van der Waals surface area (Å²) in [6, 6.07) is 51.3. The van der Waals surface area contributed by atoms with Crippen LogP contribution in [0.3, 0.4) is 0 Å². The van der Waals surface area contributed by atoms with Crippen LogP contribution in [-0.2, 0) is 5.41 Å². The van der Waals surface area contributed by atoms with Crippen LogP contribution in [0.4, 0.5) is 0 Å². The minimum absolute atomic E-state index is 0.143. The van der Waals surface area contributed by atoms with E-state index in [-0.39, 0.29) is 5.41 Å². The zero-order valence-corrected chi connectivity index (χ0v) is 28.2. The normalized spacial score (nSPS) is 12.9. The van der Waals surface area contributed by atoms with Crippen molar-refractivity contribution in [2.45, 2.75) is 26.2 Å². The van der Waals surface area contributed by atoms with Crippen molar-refractivity contribution in [1.82, 2.24) is 19.9 Å². The average Bonchev–Trinajstić information content (AvgIpc) is 3.41. The van der Waals surface area contributed by atoms with Crippen LogP contribution >= 0.6 is 0 Å². The molecule has 0 atom stereocenters. The molecule has 0 unspecified atom stereocenters. The van der Waals surface area contributed by atoms with E-state index in [1.165, 1.54) is 38.6 Å². The summed E-state index contributed by atoms with van der Waals surface area (Å²) in [4.78, 5) is 19.9. The van der Waals surface area contributed by atoms with E-state index < -0.39 is 0 Å². The zero-order chi connectivity index (χ0) is 33.8. The summed E-state index contributed by atoms with van der Waals surface area (Å²) in [5.41, 5.74) is 13.4. The molecule has 4 nitrogen and oxygen atoms in total. The van der Waals surface area contributed by atoms with E-state index >= 15 is 0 Å². The molecule has 9 rings (SSSR count). The fourth-order valence-corrected chi connectivity index (χ4v) is 7.44. The molecule has 0 aliphatic heterocycles. The summed E-state index contributed by atoms with van der Waals surface area (Å²) in [6.45, 7) is 6.71. The predicted molar refractivity (Wildman–Crippen MR) is 205 cm³/mol. The van der Waals surface area contributed by atoms with Crippen molar-refractivity contribution in [1.29, 1.82) is 0 Å². The van der Waals surface area contributed by atoms with Crippen molar-refractivity contribution in [3.8, 4) is 67.5 Å². The van der Waals surface area contributed by atoms with E-state index in [4.69, 9.17) is 15.0 Å². The monoisotopic (exact) mass is 642 g/mol. The highest BCUT2D eigenvalue weighted by atomic mass is 15.0. The number of fused-ring (bicyclic) bond motifs is 5. The van der Waals surface area contributed by atoms with Crippen molar-refractivity contribution in [2.75, 3.05) is 0 Å². The van der Waals surface area contributed by atoms with Crippen LogP contribution in [-0.4, -0.2) is 19.9 Å². The number of pyridine rings is 1. The van der Waals surface area contributed by atoms with Crippen molar-refractivity contribution in [2.24, 2.45) is 0 Å². The van der Waals surface area contributed by atoms with Crippen LogP contribution < -0.4 is 0 Å². The Morgan fingerprint density at radius 3 is 1.64 bits per heavy atom. The van der Waals surface area contributed by atoms with Gasteiger partial charge in [0.1, 0.15) is 0 Å². The molecule has 6 aromatic carbocycles. The van der Waals surface area contributed by atoms with Crippen LogP contribution in [0.1, 0.15) is 30.7 Å². The van der Waals surface area contributed by atoms with Crippen molar-refractivity contribution in [3.63, 3.8) is 0 Å². The Balaban J connectivity index is 1.32. The number of rotatable bonds is 5. The van der Waals surface area contributed by atoms with Gasteiger partial charge < -0.3 is 0 Å². The highest BCUT2D eigenvalue weighted by Crippen LogP contribution is 2.53. The van der Waals surface area contributed by atoms with Gasteiger partial charge in [-0.15, -0.1) is 0 Å². The third-order valence-corrected chi connectivity index (χ3v) is 10.0. The summed E-state index contributed by atoms with van der Waals surface area (Å²) < 4.78 is 0. The lowest BCUT2D eigenvalue weighted by atomic mass is 9.80. The zero-order valence-electron chi connectivity index (χ0n) is 28.2. The van der Waals surface area contributed by atoms with E-state index in [0.29, 0.717) is 17.5 Å². The van der Waals surface area contributed by atoms with Gasteiger partial charge in [-0.3, -0.25) is 4.98 Å². The van der Waals surface area contributed by atoms with Crippen molar-refractivity contribution >= 4 is 10.8 Å². The summed E-state index contributed by atoms with van der Waals surface area (Å²) >= 11 is 0. The minimum atomic E-state index is -0.143. The molecule has 0 saturated carbocycles. The predicted octanol–water partition coefficient (Wildman–Crippen LogP) is 11.4. The number of benzene rings is 6. The highest BCUT2D eigenvalue weighted by molar-refractivity contribution is 6.09. The first-order valence-corrected chi connectivity index (χ1v) is 17.1. The smallest absolute Gasteiger partial charge is 0.164 e. The summed E-state index contributed by atoms with van der Waals surface area (Å²) in [7, 11) is 0. The lowest BCUT2D eigenvalue weighted by Gasteiger charge is -2.23. The fourth-order valence-electron chi connectivity index (χ4n) is 7.44. The number of aromatic nitrogens is 4. The second kappa shape index (κ2) is 11.7. The Kier molecular flexibility index (Phi) is 6.99. The van der Waals surface area contributed by atoms with Crippen LogP contribution in [0, 0.1) is 6.92 Å². The van der Waals surface area contributed by atoms with Gasteiger partial charge in [-0.05, 0) is 87.0 Å². The first-order valence-electron chi connectivity index (χ1n) is 17.1. The minimum Gasteiger partial charge on any atom is -0.261 e. The van der Waals surface area contributed by atoms with Crippen LogP contribution in [0.15, 0.2) is 152 Å². The molecule has 2 heterocycles. The summed E-state index contributed by atoms with van der Waals surface area (Å²) in [5.74, 6) is 1.90. The maximum absolute atomic E-state index is 5.12. The molecule has 2 aromatic heterocycles.